The van der Waals surface area contributed by atoms with Gasteiger partial charge in [-0.2, -0.15) is 0 Å². The second kappa shape index (κ2) is 8.83. The van der Waals surface area contributed by atoms with Crippen LogP contribution in [0.2, 0.25) is 5.02 Å². The lowest BCUT2D eigenvalue weighted by atomic mass is 9.96. The third kappa shape index (κ3) is 3.88. The van der Waals surface area contributed by atoms with Crippen molar-refractivity contribution in [2.24, 2.45) is 0 Å². The van der Waals surface area contributed by atoms with Gasteiger partial charge < -0.3 is 15.2 Å². The van der Waals surface area contributed by atoms with Crippen LogP contribution in [0.15, 0.2) is 49.2 Å². The summed E-state index contributed by atoms with van der Waals surface area (Å²) in [5.74, 6) is -0.0393. The number of fused-ring (bicyclic) bond motifs is 1. The van der Waals surface area contributed by atoms with Crippen molar-refractivity contribution in [3.63, 3.8) is 0 Å². The van der Waals surface area contributed by atoms with Crippen LogP contribution >= 0.6 is 11.6 Å². The molecule has 10 heteroatoms. The fourth-order valence-corrected chi connectivity index (χ4v) is 4.47. The molecule has 5 rings (SSSR count). The highest BCUT2D eigenvalue weighted by atomic mass is 35.5. The zero-order valence-corrected chi connectivity index (χ0v) is 19.1. The molecule has 4 heterocycles. The number of nitrogen functional groups attached to an aromatic ring is 1. The smallest absolute Gasteiger partial charge is 0.258 e. The molecule has 0 fully saturated rings. The van der Waals surface area contributed by atoms with Gasteiger partial charge >= 0.3 is 0 Å². The summed E-state index contributed by atoms with van der Waals surface area (Å²) in [6.45, 7) is 3.31. The number of aromatic nitrogens is 5. The summed E-state index contributed by atoms with van der Waals surface area (Å²) < 4.78 is 17.4. The molecule has 0 spiro atoms. The molecule has 0 atom stereocenters. The molecule has 1 aliphatic heterocycles. The zero-order chi connectivity index (χ0) is 23.8. The molecule has 0 saturated heterocycles. The largest absolute Gasteiger partial charge is 0.384 e. The fourth-order valence-electron chi connectivity index (χ4n) is 4.18. The van der Waals surface area contributed by atoms with E-state index in [1.54, 1.807) is 29.4 Å². The molecule has 172 valence electrons. The fraction of sp³-hybridized carbons (Fsp3) is 0.208. The normalized spacial score (nSPS) is 13.1. The van der Waals surface area contributed by atoms with Gasteiger partial charge in [-0.25, -0.2) is 24.3 Å². The molecule has 1 aliphatic rings. The summed E-state index contributed by atoms with van der Waals surface area (Å²) in [6, 6.07) is 6.36. The average molecular weight is 478 g/mol. The molecule has 0 bridgehead atoms. The minimum Gasteiger partial charge on any atom is -0.384 e. The Labute approximate surface area is 200 Å². The summed E-state index contributed by atoms with van der Waals surface area (Å²) in [5.41, 5.74) is 8.76. The summed E-state index contributed by atoms with van der Waals surface area (Å²) >= 11 is 6.49. The lowest BCUT2D eigenvalue weighted by molar-refractivity contribution is 0.0703. The zero-order valence-electron chi connectivity index (χ0n) is 18.4. The van der Waals surface area contributed by atoms with Gasteiger partial charge in [0.05, 0.1) is 28.5 Å². The van der Waals surface area contributed by atoms with E-state index in [4.69, 9.17) is 17.3 Å². The highest BCUT2D eigenvalue weighted by molar-refractivity contribution is 6.34. The van der Waals surface area contributed by atoms with Crippen molar-refractivity contribution < 1.29 is 9.18 Å². The molecule has 0 aliphatic carbocycles. The van der Waals surface area contributed by atoms with Crippen LogP contribution in [0.3, 0.4) is 0 Å². The summed E-state index contributed by atoms with van der Waals surface area (Å²) in [7, 11) is 0. The minimum absolute atomic E-state index is 0.0203. The predicted molar refractivity (Wildman–Crippen MR) is 126 cm³/mol. The van der Waals surface area contributed by atoms with Gasteiger partial charge in [0.1, 0.15) is 23.8 Å². The quantitative estimate of drug-likeness (QED) is 0.476. The van der Waals surface area contributed by atoms with Crippen molar-refractivity contribution >= 4 is 23.3 Å². The van der Waals surface area contributed by atoms with E-state index in [1.165, 1.54) is 12.4 Å². The number of anilines is 1. The van der Waals surface area contributed by atoms with Crippen LogP contribution in [-0.4, -0.2) is 41.9 Å². The van der Waals surface area contributed by atoms with E-state index in [1.807, 2.05) is 23.8 Å². The number of nitrogens with zero attached hydrogens (tertiary/aromatic N) is 6. The van der Waals surface area contributed by atoms with Crippen LogP contribution in [0.5, 0.6) is 0 Å². The van der Waals surface area contributed by atoms with Gasteiger partial charge in [-0.05, 0) is 30.7 Å². The van der Waals surface area contributed by atoms with Gasteiger partial charge in [0.15, 0.2) is 0 Å². The average Bonchev–Trinajstić information content (AvgIpc) is 3.31. The molecule has 0 unspecified atom stereocenters. The highest BCUT2D eigenvalue weighted by Gasteiger charge is 2.27. The first-order valence-corrected chi connectivity index (χ1v) is 11.2. The SMILES string of the molecule is CCc1ncnc(-c2cc(F)c(C(=O)N3CCn4ccnc4C3)c(Cl)c2)c1-c1ccc(N)nc1. The van der Waals surface area contributed by atoms with Gasteiger partial charge in [0.2, 0.25) is 0 Å². The lowest BCUT2D eigenvalue weighted by Crippen LogP contribution is -2.38. The van der Waals surface area contributed by atoms with E-state index in [9.17, 15) is 4.79 Å². The molecule has 2 N–H and O–H groups in total. The Balaban J connectivity index is 1.55. The first kappa shape index (κ1) is 22.0. The number of amides is 1. The number of pyridine rings is 1. The van der Waals surface area contributed by atoms with Gasteiger partial charge in [-0.3, -0.25) is 4.79 Å². The van der Waals surface area contributed by atoms with Crippen molar-refractivity contribution in [2.75, 3.05) is 12.3 Å². The monoisotopic (exact) mass is 477 g/mol. The predicted octanol–water partition coefficient (Wildman–Crippen LogP) is 4.00. The Morgan fingerprint density at radius 3 is 2.74 bits per heavy atom. The molecule has 1 aromatic carbocycles. The molecule has 0 saturated carbocycles. The maximum absolute atomic E-state index is 15.4. The number of imidazole rings is 1. The Morgan fingerprint density at radius 2 is 2.00 bits per heavy atom. The van der Waals surface area contributed by atoms with Crippen molar-refractivity contribution in [2.45, 2.75) is 26.4 Å². The van der Waals surface area contributed by atoms with E-state index in [0.29, 0.717) is 43.1 Å². The number of rotatable bonds is 4. The molecular formula is C24H21ClFN7O. The molecule has 8 nitrogen and oxygen atoms in total. The number of halogens is 2. The first-order chi connectivity index (χ1) is 16.5. The van der Waals surface area contributed by atoms with E-state index in [2.05, 4.69) is 19.9 Å². The third-order valence-electron chi connectivity index (χ3n) is 5.90. The van der Waals surface area contributed by atoms with Gasteiger partial charge in [-0.1, -0.05) is 18.5 Å². The Kier molecular flexibility index (Phi) is 5.70. The Morgan fingerprint density at radius 1 is 1.15 bits per heavy atom. The molecular weight excluding hydrogens is 457 g/mol. The van der Waals surface area contributed by atoms with Gasteiger partial charge in [-0.15, -0.1) is 0 Å². The first-order valence-electron chi connectivity index (χ1n) is 10.8. The van der Waals surface area contributed by atoms with Crippen molar-refractivity contribution in [3.8, 4) is 22.4 Å². The summed E-state index contributed by atoms with van der Waals surface area (Å²) in [5, 5.41) is 0.0203. The van der Waals surface area contributed by atoms with Crippen LogP contribution in [0, 0.1) is 5.82 Å². The number of aryl methyl sites for hydroxylation is 1. The third-order valence-corrected chi connectivity index (χ3v) is 6.20. The minimum atomic E-state index is -0.709. The Hall–Kier alpha value is -3.85. The number of carbonyl (C=O) groups is 1. The molecule has 3 aromatic heterocycles. The van der Waals surface area contributed by atoms with Crippen LogP contribution in [0.25, 0.3) is 22.4 Å². The number of nitrogens with two attached hydrogens (primary N) is 1. The second-order valence-electron chi connectivity index (χ2n) is 7.95. The van der Waals surface area contributed by atoms with E-state index in [-0.39, 0.29) is 10.6 Å². The number of hydrogen-bond acceptors (Lipinski definition) is 6. The van der Waals surface area contributed by atoms with Crippen molar-refractivity contribution in [3.05, 3.63) is 77.1 Å². The maximum atomic E-state index is 15.4. The van der Waals surface area contributed by atoms with E-state index < -0.39 is 11.7 Å². The van der Waals surface area contributed by atoms with E-state index in [0.717, 1.165) is 22.6 Å². The van der Waals surface area contributed by atoms with Crippen LogP contribution < -0.4 is 5.73 Å². The topological polar surface area (TPSA) is 103 Å². The van der Waals surface area contributed by atoms with Crippen molar-refractivity contribution in [1.29, 1.82) is 0 Å². The molecule has 0 radical (unpaired) electrons. The summed E-state index contributed by atoms with van der Waals surface area (Å²) in [4.78, 5) is 31.9. The molecule has 4 aromatic rings. The Bertz CT molecular complexity index is 1360. The van der Waals surface area contributed by atoms with Crippen LogP contribution in [0.4, 0.5) is 10.2 Å². The number of benzene rings is 1. The van der Waals surface area contributed by atoms with Crippen LogP contribution in [0.1, 0.15) is 28.8 Å². The molecule has 1 amide bonds. The van der Waals surface area contributed by atoms with E-state index >= 15 is 4.39 Å². The van der Waals surface area contributed by atoms with Crippen molar-refractivity contribution in [1.82, 2.24) is 29.4 Å². The van der Waals surface area contributed by atoms with Crippen LogP contribution in [-0.2, 0) is 19.5 Å². The van der Waals surface area contributed by atoms with Gasteiger partial charge in [0.25, 0.3) is 5.91 Å². The lowest BCUT2D eigenvalue weighted by Gasteiger charge is -2.28. The standard InChI is InChI=1S/C24H21ClFN7O/c1-2-18-21(14-3-4-19(27)29-11-14)23(31-13-30-18)15-9-16(25)22(17(26)10-15)24(34)33-8-7-32-6-5-28-20(32)12-33/h3-6,9-11,13H,2,7-8,12H2,1H3,(H2,27,29). The molecule has 34 heavy (non-hydrogen) atoms. The number of hydrogen-bond donors (Lipinski definition) is 1. The highest BCUT2D eigenvalue weighted by Crippen LogP contribution is 2.36. The second-order valence-corrected chi connectivity index (χ2v) is 8.35. The number of carbonyl (C=O) groups excluding carboxylic acids is 1. The summed E-state index contributed by atoms with van der Waals surface area (Å²) in [6.07, 6.45) is 7.24. The van der Waals surface area contributed by atoms with Gasteiger partial charge in [0, 0.05) is 48.4 Å². The maximum Gasteiger partial charge on any atom is 0.258 e.